The van der Waals surface area contributed by atoms with Crippen LogP contribution < -0.4 is 0 Å². The lowest BCUT2D eigenvalue weighted by Gasteiger charge is -2.07. The standard InChI is InChI=1S/C8H5ClF3NO/c9-7(14)5-2-1-3-13-6(5)4-8(10,11)12/h1-3H,4H2. The van der Waals surface area contributed by atoms with Crippen molar-refractivity contribution in [3.8, 4) is 0 Å². The summed E-state index contributed by atoms with van der Waals surface area (Å²) in [7, 11) is 0. The van der Waals surface area contributed by atoms with Crippen LogP contribution in [0.1, 0.15) is 16.1 Å². The molecule has 0 saturated carbocycles. The number of carbonyl (C=O) groups is 1. The van der Waals surface area contributed by atoms with Gasteiger partial charge in [-0.3, -0.25) is 9.78 Å². The molecule has 1 heterocycles. The van der Waals surface area contributed by atoms with Crippen LogP contribution >= 0.6 is 11.6 Å². The first-order chi connectivity index (χ1) is 6.40. The lowest BCUT2D eigenvalue weighted by Crippen LogP contribution is -2.15. The number of rotatable bonds is 2. The van der Waals surface area contributed by atoms with Gasteiger partial charge in [0.2, 0.25) is 0 Å². The van der Waals surface area contributed by atoms with Crippen LogP contribution in [0.3, 0.4) is 0 Å². The second-order valence-electron chi connectivity index (χ2n) is 2.56. The molecule has 0 unspecified atom stereocenters. The van der Waals surface area contributed by atoms with Gasteiger partial charge in [0.1, 0.15) is 0 Å². The third-order valence-corrected chi connectivity index (χ3v) is 1.67. The molecule has 0 radical (unpaired) electrons. The van der Waals surface area contributed by atoms with Gasteiger partial charge in [0.05, 0.1) is 17.7 Å². The van der Waals surface area contributed by atoms with Crippen molar-refractivity contribution in [2.24, 2.45) is 0 Å². The molecule has 0 bridgehead atoms. The van der Waals surface area contributed by atoms with E-state index < -0.39 is 17.8 Å². The predicted molar refractivity (Wildman–Crippen MR) is 44.2 cm³/mol. The summed E-state index contributed by atoms with van der Waals surface area (Å²) >= 11 is 5.09. The third kappa shape index (κ3) is 2.99. The van der Waals surface area contributed by atoms with Crippen molar-refractivity contribution < 1.29 is 18.0 Å². The molecular weight excluding hydrogens is 219 g/mol. The quantitative estimate of drug-likeness (QED) is 0.722. The molecule has 1 aromatic heterocycles. The van der Waals surface area contributed by atoms with Gasteiger partial charge in [-0.2, -0.15) is 13.2 Å². The predicted octanol–water partition coefficient (Wildman–Crippen LogP) is 2.57. The average molecular weight is 224 g/mol. The van der Waals surface area contributed by atoms with E-state index in [4.69, 9.17) is 11.6 Å². The number of aromatic nitrogens is 1. The van der Waals surface area contributed by atoms with Crippen LogP contribution in [0.5, 0.6) is 0 Å². The summed E-state index contributed by atoms with van der Waals surface area (Å²) in [6.45, 7) is 0. The topological polar surface area (TPSA) is 30.0 Å². The van der Waals surface area contributed by atoms with Gasteiger partial charge in [0.25, 0.3) is 5.24 Å². The van der Waals surface area contributed by atoms with Crippen molar-refractivity contribution in [3.63, 3.8) is 0 Å². The minimum atomic E-state index is -4.39. The zero-order valence-corrected chi connectivity index (χ0v) is 7.56. The number of hydrogen-bond donors (Lipinski definition) is 0. The SMILES string of the molecule is O=C(Cl)c1cccnc1CC(F)(F)F. The van der Waals surface area contributed by atoms with E-state index in [2.05, 4.69) is 4.98 Å². The van der Waals surface area contributed by atoms with Gasteiger partial charge >= 0.3 is 6.18 Å². The van der Waals surface area contributed by atoms with Crippen molar-refractivity contribution in [2.75, 3.05) is 0 Å². The Morgan fingerprint density at radius 2 is 2.14 bits per heavy atom. The molecule has 1 rings (SSSR count). The Hall–Kier alpha value is -1.10. The van der Waals surface area contributed by atoms with E-state index in [1.54, 1.807) is 0 Å². The van der Waals surface area contributed by atoms with Crippen LogP contribution in [0.15, 0.2) is 18.3 Å². The summed E-state index contributed by atoms with van der Waals surface area (Å²) in [5, 5.41) is -0.933. The number of carbonyl (C=O) groups excluding carboxylic acids is 1. The molecule has 0 aliphatic carbocycles. The minimum absolute atomic E-state index is 0.202. The average Bonchev–Trinajstić information content (AvgIpc) is 2.01. The molecular formula is C8H5ClF3NO. The fraction of sp³-hybridized carbons (Fsp3) is 0.250. The monoisotopic (exact) mass is 223 g/mol. The number of halogens is 4. The first-order valence-corrected chi connectivity index (χ1v) is 3.98. The Labute approximate surface area is 82.7 Å². The van der Waals surface area contributed by atoms with Crippen molar-refractivity contribution in [1.82, 2.24) is 4.98 Å². The van der Waals surface area contributed by atoms with E-state index in [0.717, 1.165) is 0 Å². The van der Waals surface area contributed by atoms with Crippen LogP contribution in [0.4, 0.5) is 13.2 Å². The molecule has 6 heteroatoms. The van der Waals surface area contributed by atoms with Crippen LogP contribution in [0, 0.1) is 0 Å². The third-order valence-electron chi connectivity index (χ3n) is 1.47. The van der Waals surface area contributed by atoms with E-state index in [1.807, 2.05) is 0 Å². The molecule has 0 fully saturated rings. The molecule has 0 amide bonds. The molecule has 0 spiro atoms. The molecule has 0 saturated heterocycles. The molecule has 14 heavy (non-hydrogen) atoms. The van der Waals surface area contributed by atoms with Crippen molar-refractivity contribution in [3.05, 3.63) is 29.6 Å². The second-order valence-corrected chi connectivity index (χ2v) is 2.91. The molecule has 76 valence electrons. The molecule has 2 nitrogen and oxygen atoms in total. The largest absolute Gasteiger partial charge is 0.394 e. The van der Waals surface area contributed by atoms with Gasteiger partial charge < -0.3 is 0 Å². The van der Waals surface area contributed by atoms with Crippen LogP contribution in [-0.2, 0) is 6.42 Å². The summed E-state index contributed by atoms with van der Waals surface area (Å²) < 4.78 is 36.0. The van der Waals surface area contributed by atoms with Crippen LogP contribution in [-0.4, -0.2) is 16.4 Å². The Kier molecular flexibility index (Phi) is 3.10. The summed E-state index contributed by atoms with van der Waals surface area (Å²) in [5.41, 5.74) is -0.550. The lowest BCUT2D eigenvalue weighted by atomic mass is 10.1. The van der Waals surface area contributed by atoms with Crippen molar-refractivity contribution in [1.29, 1.82) is 0 Å². The van der Waals surface area contributed by atoms with Gasteiger partial charge in [0.15, 0.2) is 0 Å². The highest BCUT2D eigenvalue weighted by Gasteiger charge is 2.30. The Morgan fingerprint density at radius 3 is 2.64 bits per heavy atom. The van der Waals surface area contributed by atoms with E-state index in [-0.39, 0.29) is 11.3 Å². The molecule has 0 aromatic carbocycles. The second kappa shape index (κ2) is 3.96. The lowest BCUT2D eigenvalue weighted by molar-refractivity contribution is -0.127. The Balaban J connectivity index is 3.02. The van der Waals surface area contributed by atoms with Gasteiger partial charge in [-0.25, -0.2) is 0 Å². The maximum atomic E-state index is 12.0. The number of pyridine rings is 1. The Morgan fingerprint density at radius 1 is 1.50 bits per heavy atom. The minimum Gasteiger partial charge on any atom is -0.276 e. The fourth-order valence-electron chi connectivity index (χ4n) is 0.948. The molecule has 1 aromatic rings. The first kappa shape index (κ1) is 11.0. The van der Waals surface area contributed by atoms with Crippen molar-refractivity contribution in [2.45, 2.75) is 12.6 Å². The molecule has 0 atom stereocenters. The fourth-order valence-corrected chi connectivity index (χ4v) is 1.12. The molecule has 0 aliphatic heterocycles. The maximum Gasteiger partial charge on any atom is 0.394 e. The highest BCUT2D eigenvalue weighted by Crippen LogP contribution is 2.22. The van der Waals surface area contributed by atoms with E-state index in [9.17, 15) is 18.0 Å². The molecule has 0 aliphatic rings. The summed E-state index contributed by atoms with van der Waals surface area (Å²) in [4.78, 5) is 14.2. The first-order valence-electron chi connectivity index (χ1n) is 3.60. The van der Waals surface area contributed by atoms with Gasteiger partial charge in [-0.15, -0.1) is 0 Å². The summed E-state index contributed by atoms with van der Waals surface area (Å²) in [6, 6.07) is 2.57. The van der Waals surface area contributed by atoms with Crippen molar-refractivity contribution >= 4 is 16.8 Å². The van der Waals surface area contributed by atoms with Gasteiger partial charge in [-0.05, 0) is 23.7 Å². The zero-order valence-electron chi connectivity index (χ0n) is 6.81. The summed E-state index contributed by atoms with van der Waals surface area (Å²) in [5.74, 6) is 0. The normalized spacial score (nSPS) is 11.4. The summed E-state index contributed by atoms with van der Waals surface area (Å²) in [6.07, 6.45) is -4.46. The highest BCUT2D eigenvalue weighted by atomic mass is 35.5. The smallest absolute Gasteiger partial charge is 0.276 e. The van der Waals surface area contributed by atoms with E-state index in [1.165, 1.54) is 18.3 Å². The van der Waals surface area contributed by atoms with Gasteiger partial charge in [-0.1, -0.05) is 0 Å². The molecule has 0 N–H and O–H groups in total. The van der Waals surface area contributed by atoms with Crippen LogP contribution in [0.25, 0.3) is 0 Å². The number of hydrogen-bond acceptors (Lipinski definition) is 2. The van der Waals surface area contributed by atoms with E-state index >= 15 is 0 Å². The highest BCUT2D eigenvalue weighted by molar-refractivity contribution is 6.67. The number of alkyl halides is 3. The maximum absolute atomic E-state index is 12.0. The van der Waals surface area contributed by atoms with E-state index in [0.29, 0.717) is 0 Å². The zero-order chi connectivity index (χ0) is 10.8. The Bertz CT molecular complexity index is 351. The number of nitrogens with zero attached hydrogens (tertiary/aromatic N) is 1. The van der Waals surface area contributed by atoms with Gasteiger partial charge in [0, 0.05) is 6.20 Å². The van der Waals surface area contributed by atoms with Crippen LogP contribution in [0.2, 0.25) is 0 Å².